The van der Waals surface area contributed by atoms with Crippen molar-refractivity contribution >= 4 is 54.7 Å². The third-order valence-corrected chi connectivity index (χ3v) is 9.59. The Balaban J connectivity index is 1.51. The molecule has 2 aromatic heterocycles. The second kappa shape index (κ2) is 10.1. The molecule has 0 spiro atoms. The molecule has 2 aliphatic carbocycles. The molecule has 0 atom stereocenters. The summed E-state index contributed by atoms with van der Waals surface area (Å²) in [5.41, 5.74) is 5.64. The summed E-state index contributed by atoms with van der Waals surface area (Å²) in [6.45, 7) is 5.31. The fraction of sp³-hybridized carbons (Fsp3) is 0.200. The maximum absolute atomic E-state index is 14.0. The number of rotatable bonds is 8. The molecule has 0 bridgehead atoms. The Hall–Kier alpha value is -5.36. The van der Waals surface area contributed by atoms with Gasteiger partial charge in [-0.05, 0) is 35.7 Å². The van der Waals surface area contributed by atoms with E-state index in [9.17, 15) is 9.59 Å². The van der Waals surface area contributed by atoms with Crippen molar-refractivity contribution < 1.29 is 19.1 Å². The molecule has 224 valence electrons. The summed E-state index contributed by atoms with van der Waals surface area (Å²) >= 11 is 0. The van der Waals surface area contributed by atoms with Gasteiger partial charge in [-0.25, -0.2) is 9.97 Å². The first-order valence-corrected chi connectivity index (χ1v) is 16.2. The molecule has 5 aromatic carbocycles. The van der Waals surface area contributed by atoms with Gasteiger partial charge in [0.05, 0.1) is 35.4 Å². The zero-order chi connectivity index (χ0) is 31.1. The van der Waals surface area contributed by atoms with Crippen LogP contribution in [0.1, 0.15) is 71.4 Å². The normalized spacial score (nSPS) is 13.2. The molecular weight excluding hydrogens is 572 g/mol. The first-order valence-electron chi connectivity index (χ1n) is 16.2. The molecule has 0 aliphatic heterocycles. The van der Waals surface area contributed by atoms with Gasteiger partial charge in [0.1, 0.15) is 0 Å². The quantitative estimate of drug-likeness (QED) is 0.0980. The van der Waals surface area contributed by atoms with Crippen molar-refractivity contribution in [3.8, 4) is 34.3 Å². The first-order chi connectivity index (χ1) is 22.6. The van der Waals surface area contributed by atoms with E-state index in [1.165, 1.54) is 0 Å². The van der Waals surface area contributed by atoms with Crippen LogP contribution >= 0.6 is 0 Å². The summed E-state index contributed by atoms with van der Waals surface area (Å²) in [6, 6.07) is 23.2. The SMILES string of the molecule is CCCCOc1nc2c3c(ccc4c5c(OCCCC)nc6c7c(ccc(c1c34)c75)C(=O)c1ccccc1-6)C(=O)c1ccccc1-2. The van der Waals surface area contributed by atoms with E-state index in [0.29, 0.717) is 47.2 Å². The van der Waals surface area contributed by atoms with Crippen LogP contribution in [0.2, 0.25) is 0 Å². The van der Waals surface area contributed by atoms with Crippen LogP contribution in [0.5, 0.6) is 11.8 Å². The van der Waals surface area contributed by atoms with Gasteiger partial charge in [-0.1, -0.05) is 87.4 Å². The fourth-order valence-electron chi connectivity index (χ4n) is 7.44. The molecule has 0 radical (unpaired) electrons. The van der Waals surface area contributed by atoms with E-state index >= 15 is 0 Å². The van der Waals surface area contributed by atoms with E-state index in [2.05, 4.69) is 13.8 Å². The lowest BCUT2D eigenvalue weighted by Gasteiger charge is -2.26. The van der Waals surface area contributed by atoms with Crippen LogP contribution in [0, 0.1) is 0 Å². The van der Waals surface area contributed by atoms with Crippen molar-refractivity contribution in [2.45, 2.75) is 39.5 Å². The largest absolute Gasteiger partial charge is 0.477 e. The molecule has 0 unspecified atom stereocenters. The lowest BCUT2D eigenvalue weighted by atomic mass is 9.79. The number of ketones is 2. The summed E-state index contributed by atoms with van der Waals surface area (Å²) in [5.74, 6) is 1.04. The number of nitrogens with zero attached hydrogens (tertiary/aromatic N) is 2. The van der Waals surface area contributed by atoms with Gasteiger partial charge in [0.15, 0.2) is 11.6 Å². The molecule has 6 heteroatoms. The van der Waals surface area contributed by atoms with E-state index < -0.39 is 0 Å². The molecule has 0 amide bonds. The number of benzene rings is 5. The summed E-state index contributed by atoms with van der Waals surface area (Å²) in [7, 11) is 0. The minimum atomic E-state index is -0.0159. The molecule has 6 nitrogen and oxygen atoms in total. The molecule has 2 aliphatic rings. The minimum absolute atomic E-state index is 0.0159. The highest BCUT2D eigenvalue weighted by molar-refractivity contribution is 6.42. The van der Waals surface area contributed by atoms with Crippen LogP contribution in [0.15, 0.2) is 72.8 Å². The standard InChI is InChI=1S/C40H30N2O4/c1-3-5-19-45-39-33-25-15-17-28-32-30(25)34(40(46-20-6-4-2)42-36(32)22-12-8-10-14-24(22)38(28)44)26-16-18-27-31(29(26)33)35(41-39)21-11-7-9-13-23(21)37(27)43/h7-18H,3-6,19-20H2,1-2H3. The first kappa shape index (κ1) is 27.0. The van der Waals surface area contributed by atoms with Crippen molar-refractivity contribution in [1.82, 2.24) is 9.97 Å². The maximum atomic E-state index is 14.0. The topological polar surface area (TPSA) is 78.4 Å². The van der Waals surface area contributed by atoms with Crippen LogP contribution in [0.3, 0.4) is 0 Å². The highest BCUT2D eigenvalue weighted by atomic mass is 16.5. The highest BCUT2D eigenvalue weighted by Gasteiger charge is 2.34. The Morgan fingerprint density at radius 2 is 0.891 bits per heavy atom. The number of hydrogen-bond acceptors (Lipinski definition) is 6. The number of ether oxygens (including phenoxy) is 2. The van der Waals surface area contributed by atoms with Crippen molar-refractivity contribution in [3.63, 3.8) is 0 Å². The summed E-state index contributed by atoms with van der Waals surface area (Å²) in [6.07, 6.45) is 3.74. The highest BCUT2D eigenvalue weighted by Crippen LogP contribution is 2.53. The number of pyridine rings is 2. The Kier molecular flexibility index (Phi) is 5.91. The fourth-order valence-corrected chi connectivity index (χ4v) is 7.44. The number of hydrogen-bond donors (Lipinski definition) is 0. The average molecular weight is 603 g/mol. The molecule has 0 saturated heterocycles. The van der Waals surface area contributed by atoms with Gasteiger partial charge < -0.3 is 9.47 Å². The summed E-state index contributed by atoms with van der Waals surface area (Å²) in [4.78, 5) is 38.3. The zero-order valence-electron chi connectivity index (χ0n) is 25.7. The molecule has 2 heterocycles. The van der Waals surface area contributed by atoms with Gasteiger partial charge in [0.2, 0.25) is 11.8 Å². The van der Waals surface area contributed by atoms with Gasteiger partial charge in [0, 0.05) is 54.9 Å². The predicted molar refractivity (Wildman–Crippen MR) is 182 cm³/mol. The van der Waals surface area contributed by atoms with E-state index in [0.717, 1.165) is 91.3 Å². The van der Waals surface area contributed by atoms with Crippen LogP contribution < -0.4 is 9.47 Å². The van der Waals surface area contributed by atoms with E-state index in [4.69, 9.17) is 19.4 Å². The second-order valence-corrected chi connectivity index (χ2v) is 12.3. The average Bonchev–Trinajstić information content (AvgIpc) is 3.09. The van der Waals surface area contributed by atoms with Crippen LogP contribution in [-0.4, -0.2) is 34.7 Å². The van der Waals surface area contributed by atoms with Crippen LogP contribution in [0.4, 0.5) is 0 Å². The zero-order valence-corrected chi connectivity index (χ0v) is 25.7. The van der Waals surface area contributed by atoms with Gasteiger partial charge in [-0.2, -0.15) is 0 Å². The third kappa shape index (κ3) is 3.52. The molecule has 46 heavy (non-hydrogen) atoms. The number of carbonyl (C=O) groups excluding carboxylic acids is 2. The minimum Gasteiger partial charge on any atom is -0.477 e. The van der Waals surface area contributed by atoms with E-state index in [1.807, 2.05) is 72.8 Å². The molecule has 9 rings (SSSR count). The third-order valence-electron chi connectivity index (χ3n) is 9.59. The summed E-state index contributed by atoms with van der Waals surface area (Å²) in [5, 5.41) is 6.98. The van der Waals surface area contributed by atoms with Gasteiger partial charge in [0.25, 0.3) is 0 Å². The van der Waals surface area contributed by atoms with Crippen LogP contribution in [0.25, 0.3) is 65.6 Å². The van der Waals surface area contributed by atoms with Gasteiger partial charge >= 0.3 is 0 Å². The molecule has 0 N–H and O–H groups in total. The second-order valence-electron chi connectivity index (χ2n) is 12.3. The number of carbonyl (C=O) groups is 2. The Bertz CT molecular complexity index is 2270. The van der Waals surface area contributed by atoms with Gasteiger partial charge in [-0.3, -0.25) is 9.59 Å². The Morgan fingerprint density at radius 1 is 0.478 bits per heavy atom. The monoisotopic (exact) mass is 602 g/mol. The lowest BCUT2D eigenvalue weighted by molar-refractivity contribution is 0.103. The number of fused-ring (bicyclic) bond motifs is 6. The number of unbranched alkanes of at least 4 members (excludes halogenated alkanes) is 2. The molecule has 0 saturated carbocycles. The van der Waals surface area contributed by atoms with E-state index in [-0.39, 0.29) is 11.6 Å². The lowest BCUT2D eigenvalue weighted by Crippen LogP contribution is -2.14. The maximum Gasteiger partial charge on any atom is 0.222 e. The predicted octanol–water partition coefficient (Wildman–Crippen LogP) is 9.31. The van der Waals surface area contributed by atoms with Crippen molar-refractivity contribution in [2.24, 2.45) is 0 Å². The number of aromatic nitrogens is 2. The van der Waals surface area contributed by atoms with Crippen molar-refractivity contribution in [1.29, 1.82) is 0 Å². The molecule has 7 aromatic rings. The van der Waals surface area contributed by atoms with E-state index in [1.54, 1.807) is 0 Å². The summed E-state index contributed by atoms with van der Waals surface area (Å²) < 4.78 is 13.1. The Labute approximate surface area is 265 Å². The molecular formula is C40H30N2O4. The smallest absolute Gasteiger partial charge is 0.222 e. The van der Waals surface area contributed by atoms with Crippen molar-refractivity contribution in [3.05, 3.63) is 95.1 Å². The molecule has 0 fully saturated rings. The van der Waals surface area contributed by atoms with Crippen LogP contribution in [-0.2, 0) is 0 Å². The van der Waals surface area contributed by atoms with Gasteiger partial charge in [-0.15, -0.1) is 0 Å². The van der Waals surface area contributed by atoms with Crippen molar-refractivity contribution in [2.75, 3.05) is 13.2 Å². The Morgan fingerprint density at radius 3 is 1.30 bits per heavy atom.